The van der Waals surface area contributed by atoms with Crippen LogP contribution in [0.4, 0.5) is 0 Å². The second-order valence-corrected chi connectivity index (χ2v) is 5.53. The SMILES string of the molecule is CCC(Oc1cc(OC)cc(OC)c1)c1nc(CCl)cs1. The highest BCUT2D eigenvalue weighted by Crippen LogP contribution is 2.32. The summed E-state index contributed by atoms with van der Waals surface area (Å²) in [6.45, 7) is 2.06. The minimum Gasteiger partial charge on any atom is -0.496 e. The van der Waals surface area contributed by atoms with E-state index in [4.69, 9.17) is 25.8 Å². The molecule has 1 aromatic heterocycles. The summed E-state index contributed by atoms with van der Waals surface area (Å²) in [7, 11) is 3.23. The van der Waals surface area contributed by atoms with Crippen LogP contribution in [-0.2, 0) is 5.88 Å². The molecule has 0 saturated carbocycles. The Hall–Kier alpha value is -1.46. The number of hydrogen-bond donors (Lipinski definition) is 0. The quantitative estimate of drug-likeness (QED) is 0.705. The third-order valence-corrected chi connectivity index (χ3v) is 4.22. The van der Waals surface area contributed by atoms with Crippen molar-refractivity contribution in [1.29, 1.82) is 0 Å². The molecule has 0 N–H and O–H groups in total. The lowest BCUT2D eigenvalue weighted by Crippen LogP contribution is -2.06. The van der Waals surface area contributed by atoms with Crippen molar-refractivity contribution in [2.45, 2.75) is 25.3 Å². The van der Waals surface area contributed by atoms with E-state index in [1.54, 1.807) is 25.6 Å². The van der Waals surface area contributed by atoms with E-state index in [1.807, 2.05) is 23.6 Å². The average molecular weight is 328 g/mol. The van der Waals surface area contributed by atoms with Gasteiger partial charge in [0, 0.05) is 23.6 Å². The summed E-state index contributed by atoms with van der Waals surface area (Å²) >= 11 is 7.36. The largest absolute Gasteiger partial charge is 0.496 e. The Labute approximate surface area is 133 Å². The van der Waals surface area contributed by atoms with E-state index in [2.05, 4.69) is 11.9 Å². The molecule has 114 valence electrons. The zero-order chi connectivity index (χ0) is 15.2. The lowest BCUT2D eigenvalue weighted by Gasteiger charge is -2.16. The molecular weight excluding hydrogens is 310 g/mol. The number of nitrogens with zero attached hydrogens (tertiary/aromatic N) is 1. The molecule has 4 nitrogen and oxygen atoms in total. The van der Waals surface area contributed by atoms with Gasteiger partial charge in [-0.05, 0) is 6.42 Å². The Morgan fingerprint density at radius 2 is 1.76 bits per heavy atom. The van der Waals surface area contributed by atoms with Crippen LogP contribution in [0.5, 0.6) is 17.2 Å². The van der Waals surface area contributed by atoms with Gasteiger partial charge in [0.05, 0.1) is 25.8 Å². The van der Waals surface area contributed by atoms with Crippen LogP contribution in [-0.4, -0.2) is 19.2 Å². The topological polar surface area (TPSA) is 40.6 Å². The average Bonchev–Trinajstić information content (AvgIpc) is 3.01. The van der Waals surface area contributed by atoms with Crippen LogP contribution < -0.4 is 14.2 Å². The summed E-state index contributed by atoms with van der Waals surface area (Å²) in [5, 5.41) is 2.88. The minimum atomic E-state index is -0.108. The van der Waals surface area contributed by atoms with Gasteiger partial charge in [0.25, 0.3) is 0 Å². The number of methoxy groups -OCH3 is 2. The molecule has 0 saturated heterocycles. The van der Waals surface area contributed by atoms with Crippen molar-refractivity contribution < 1.29 is 14.2 Å². The van der Waals surface area contributed by atoms with Crippen LogP contribution in [0.3, 0.4) is 0 Å². The summed E-state index contributed by atoms with van der Waals surface area (Å²) < 4.78 is 16.5. The maximum absolute atomic E-state index is 6.04. The molecule has 0 amide bonds. The lowest BCUT2D eigenvalue weighted by molar-refractivity contribution is 0.199. The molecule has 0 fully saturated rings. The molecule has 0 aliphatic rings. The number of thiazole rings is 1. The third kappa shape index (κ3) is 4.02. The number of alkyl halides is 1. The molecule has 0 spiro atoms. The molecule has 0 aliphatic carbocycles. The first kappa shape index (κ1) is 15.9. The maximum Gasteiger partial charge on any atom is 0.150 e. The van der Waals surface area contributed by atoms with Crippen LogP contribution in [0.1, 0.15) is 30.2 Å². The molecule has 1 unspecified atom stereocenters. The normalized spacial score (nSPS) is 12.0. The maximum atomic E-state index is 6.04. The fourth-order valence-electron chi connectivity index (χ4n) is 1.85. The van der Waals surface area contributed by atoms with Gasteiger partial charge >= 0.3 is 0 Å². The van der Waals surface area contributed by atoms with Crippen LogP contribution in [0, 0.1) is 0 Å². The highest BCUT2D eigenvalue weighted by molar-refractivity contribution is 7.09. The fourth-order valence-corrected chi connectivity index (χ4v) is 3.01. The second kappa shape index (κ2) is 7.52. The van der Waals surface area contributed by atoms with Crippen molar-refractivity contribution in [2.24, 2.45) is 0 Å². The first-order chi connectivity index (χ1) is 10.2. The van der Waals surface area contributed by atoms with Crippen LogP contribution in [0.2, 0.25) is 0 Å². The standard InChI is InChI=1S/C15H18ClNO3S/c1-4-14(15-17-10(8-16)9-21-15)20-13-6-11(18-2)5-12(7-13)19-3/h5-7,9,14H,4,8H2,1-3H3. The number of halogens is 1. The van der Waals surface area contributed by atoms with Crippen LogP contribution >= 0.6 is 22.9 Å². The summed E-state index contributed by atoms with van der Waals surface area (Å²) in [5.74, 6) is 2.50. The Balaban J connectivity index is 2.21. The number of hydrogen-bond acceptors (Lipinski definition) is 5. The Kier molecular flexibility index (Phi) is 5.70. The van der Waals surface area contributed by atoms with Gasteiger partial charge in [-0.3, -0.25) is 0 Å². The van der Waals surface area contributed by atoms with Crippen molar-refractivity contribution in [3.8, 4) is 17.2 Å². The zero-order valence-electron chi connectivity index (χ0n) is 12.3. The van der Waals surface area contributed by atoms with E-state index in [9.17, 15) is 0 Å². The van der Waals surface area contributed by atoms with E-state index in [-0.39, 0.29) is 6.10 Å². The zero-order valence-corrected chi connectivity index (χ0v) is 13.8. The van der Waals surface area contributed by atoms with Crippen LogP contribution in [0.25, 0.3) is 0 Å². The van der Waals surface area contributed by atoms with Gasteiger partial charge in [0.1, 0.15) is 28.4 Å². The molecule has 0 bridgehead atoms. The number of benzene rings is 1. The van der Waals surface area contributed by atoms with Gasteiger partial charge in [-0.25, -0.2) is 4.98 Å². The predicted molar refractivity (Wildman–Crippen MR) is 84.9 cm³/mol. The van der Waals surface area contributed by atoms with E-state index in [0.29, 0.717) is 23.1 Å². The molecule has 0 aliphatic heterocycles. The predicted octanol–water partition coefficient (Wildman–Crippen LogP) is 4.43. The van der Waals surface area contributed by atoms with Gasteiger partial charge in [0.2, 0.25) is 0 Å². The van der Waals surface area contributed by atoms with Gasteiger partial charge in [-0.15, -0.1) is 22.9 Å². The smallest absolute Gasteiger partial charge is 0.150 e. The molecule has 21 heavy (non-hydrogen) atoms. The van der Waals surface area contributed by atoms with Crippen molar-refractivity contribution in [2.75, 3.05) is 14.2 Å². The number of rotatable bonds is 7. The van der Waals surface area contributed by atoms with Crippen molar-refractivity contribution in [3.05, 3.63) is 34.3 Å². The molecule has 1 atom stereocenters. The van der Waals surface area contributed by atoms with Crippen molar-refractivity contribution >= 4 is 22.9 Å². The Morgan fingerprint density at radius 3 is 2.24 bits per heavy atom. The minimum absolute atomic E-state index is 0.108. The van der Waals surface area contributed by atoms with Gasteiger partial charge in [-0.1, -0.05) is 6.92 Å². The van der Waals surface area contributed by atoms with E-state index < -0.39 is 0 Å². The van der Waals surface area contributed by atoms with Crippen LogP contribution in [0.15, 0.2) is 23.6 Å². The summed E-state index contributed by atoms with van der Waals surface area (Å²) in [6.07, 6.45) is 0.707. The van der Waals surface area contributed by atoms with Gasteiger partial charge < -0.3 is 14.2 Å². The molecule has 0 radical (unpaired) electrons. The monoisotopic (exact) mass is 327 g/mol. The number of aromatic nitrogens is 1. The highest BCUT2D eigenvalue weighted by atomic mass is 35.5. The van der Waals surface area contributed by atoms with Crippen molar-refractivity contribution in [1.82, 2.24) is 4.98 Å². The first-order valence-corrected chi connectivity index (χ1v) is 8.01. The van der Waals surface area contributed by atoms with E-state index in [1.165, 1.54) is 0 Å². The molecule has 1 heterocycles. The second-order valence-electron chi connectivity index (χ2n) is 4.37. The Bertz CT molecular complexity index is 566. The van der Waals surface area contributed by atoms with Gasteiger partial charge in [-0.2, -0.15) is 0 Å². The van der Waals surface area contributed by atoms with Crippen molar-refractivity contribution in [3.63, 3.8) is 0 Å². The van der Waals surface area contributed by atoms with E-state index >= 15 is 0 Å². The fraction of sp³-hybridized carbons (Fsp3) is 0.400. The Morgan fingerprint density at radius 1 is 1.14 bits per heavy atom. The molecule has 6 heteroatoms. The van der Waals surface area contributed by atoms with E-state index in [0.717, 1.165) is 17.1 Å². The lowest BCUT2D eigenvalue weighted by atomic mass is 10.2. The summed E-state index contributed by atoms with van der Waals surface area (Å²) in [4.78, 5) is 4.48. The van der Waals surface area contributed by atoms with Gasteiger partial charge in [0.15, 0.2) is 0 Å². The summed E-state index contributed by atoms with van der Waals surface area (Å²) in [5.41, 5.74) is 0.877. The molecule has 1 aromatic carbocycles. The number of ether oxygens (including phenoxy) is 3. The molecule has 2 rings (SSSR count). The highest BCUT2D eigenvalue weighted by Gasteiger charge is 2.16. The summed E-state index contributed by atoms with van der Waals surface area (Å²) in [6, 6.07) is 5.48. The molecule has 2 aromatic rings. The third-order valence-electron chi connectivity index (χ3n) is 2.96. The first-order valence-electron chi connectivity index (χ1n) is 6.60. The molecular formula is C15H18ClNO3S.